The van der Waals surface area contributed by atoms with Gasteiger partial charge in [0.15, 0.2) is 5.82 Å². The van der Waals surface area contributed by atoms with Crippen molar-refractivity contribution in [3.63, 3.8) is 0 Å². The maximum Gasteiger partial charge on any atom is 0.160 e. The van der Waals surface area contributed by atoms with Crippen LogP contribution in [0, 0.1) is 11.3 Å². The first-order valence-corrected chi connectivity index (χ1v) is 18.0. The van der Waals surface area contributed by atoms with E-state index in [4.69, 9.17) is 9.97 Å². The average Bonchev–Trinajstić information content (AvgIpc) is 3.77. The van der Waals surface area contributed by atoms with Crippen molar-refractivity contribution in [2.24, 2.45) is 0 Å². The summed E-state index contributed by atoms with van der Waals surface area (Å²) < 4.78 is 4.96. The fourth-order valence-electron chi connectivity index (χ4n) is 7.38. The van der Waals surface area contributed by atoms with Crippen LogP contribution in [0.3, 0.4) is 0 Å². The third kappa shape index (κ3) is 4.97. The molecule has 0 saturated carbocycles. The lowest BCUT2D eigenvalue weighted by Crippen LogP contribution is -1.99. The first-order valence-electron chi connectivity index (χ1n) is 17.2. The third-order valence-electron chi connectivity index (χ3n) is 9.83. The molecule has 10 rings (SSSR count). The van der Waals surface area contributed by atoms with Crippen LogP contribution in [0.2, 0.25) is 0 Å². The molecule has 10 aromatic rings. The zero-order chi connectivity index (χ0) is 34.6. The second kappa shape index (κ2) is 12.2. The molecule has 0 spiro atoms. The van der Waals surface area contributed by atoms with Crippen LogP contribution in [-0.2, 0) is 0 Å². The molecule has 0 aliphatic rings. The van der Waals surface area contributed by atoms with Crippen molar-refractivity contribution in [1.29, 1.82) is 5.26 Å². The average molecular weight is 681 g/mol. The van der Waals surface area contributed by atoms with Crippen molar-refractivity contribution >= 4 is 53.3 Å². The van der Waals surface area contributed by atoms with Crippen LogP contribution in [0.5, 0.6) is 0 Å². The maximum atomic E-state index is 9.55. The van der Waals surface area contributed by atoms with E-state index in [0.29, 0.717) is 11.4 Å². The summed E-state index contributed by atoms with van der Waals surface area (Å²) in [7, 11) is 0. The Morgan fingerprint density at radius 2 is 1.12 bits per heavy atom. The number of nitriles is 1. The van der Waals surface area contributed by atoms with E-state index >= 15 is 0 Å². The van der Waals surface area contributed by atoms with Crippen molar-refractivity contribution in [3.8, 4) is 56.8 Å². The van der Waals surface area contributed by atoms with Gasteiger partial charge in [-0.15, -0.1) is 11.3 Å². The fraction of sp³-hybridized carbons (Fsp3) is 0. The van der Waals surface area contributed by atoms with Crippen molar-refractivity contribution in [3.05, 3.63) is 175 Å². The first kappa shape index (κ1) is 30.0. The van der Waals surface area contributed by atoms with Gasteiger partial charge >= 0.3 is 0 Å². The number of benzene rings is 7. The predicted octanol–water partition coefficient (Wildman–Crippen LogP) is 12.5. The second-order valence-electron chi connectivity index (χ2n) is 12.9. The highest BCUT2D eigenvalue weighted by Gasteiger charge is 2.19. The van der Waals surface area contributed by atoms with Crippen molar-refractivity contribution in [2.75, 3.05) is 0 Å². The van der Waals surface area contributed by atoms with E-state index in [0.717, 1.165) is 55.9 Å². The predicted molar refractivity (Wildman–Crippen MR) is 216 cm³/mol. The molecule has 0 saturated heterocycles. The molecule has 0 amide bonds. The Morgan fingerprint density at radius 1 is 0.481 bits per heavy atom. The van der Waals surface area contributed by atoms with Gasteiger partial charge in [0.1, 0.15) is 0 Å². The van der Waals surface area contributed by atoms with E-state index in [2.05, 4.69) is 120 Å². The summed E-state index contributed by atoms with van der Waals surface area (Å²) in [5.41, 5.74) is 10.6. The van der Waals surface area contributed by atoms with E-state index in [1.807, 2.05) is 72.0 Å². The smallest absolute Gasteiger partial charge is 0.160 e. The van der Waals surface area contributed by atoms with Gasteiger partial charge < -0.3 is 4.57 Å². The van der Waals surface area contributed by atoms with Crippen LogP contribution in [-0.4, -0.2) is 14.5 Å². The van der Waals surface area contributed by atoms with Gasteiger partial charge in [0.25, 0.3) is 0 Å². The van der Waals surface area contributed by atoms with Crippen LogP contribution in [0.4, 0.5) is 0 Å². The summed E-state index contributed by atoms with van der Waals surface area (Å²) in [6.07, 6.45) is 0. The van der Waals surface area contributed by atoms with Crippen LogP contribution in [0.25, 0.3) is 92.7 Å². The van der Waals surface area contributed by atoms with Crippen LogP contribution >= 0.6 is 11.3 Å². The molecule has 0 bridgehead atoms. The molecule has 4 nitrogen and oxygen atoms in total. The lowest BCUT2D eigenvalue weighted by atomic mass is 9.99. The molecule has 0 aliphatic heterocycles. The van der Waals surface area contributed by atoms with Crippen molar-refractivity contribution in [2.45, 2.75) is 0 Å². The van der Waals surface area contributed by atoms with Gasteiger partial charge in [-0.25, -0.2) is 9.97 Å². The summed E-state index contributed by atoms with van der Waals surface area (Å²) in [6.45, 7) is 0. The third-order valence-corrected chi connectivity index (χ3v) is 11.0. The standard InChI is InChI=1S/C47H28N4S/c48-29-30-19-21-31(22-20-30)34-25-35(47-49-40(32-11-3-1-4-12-32)28-41(50-47)33-13-5-2-6-14-33)27-36(26-34)51-42-17-9-7-16-39(42)45-43(51)24-23-38-37-15-8-10-18-44(37)52-46(38)45/h1-28H. The quantitative estimate of drug-likeness (QED) is 0.182. The highest BCUT2D eigenvalue weighted by atomic mass is 32.1. The lowest BCUT2D eigenvalue weighted by molar-refractivity contribution is 1.16. The van der Waals surface area contributed by atoms with Gasteiger partial charge in [-0.05, 0) is 65.7 Å². The minimum Gasteiger partial charge on any atom is -0.309 e. The van der Waals surface area contributed by atoms with E-state index in [1.165, 1.54) is 30.9 Å². The minimum absolute atomic E-state index is 0.626. The molecule has 3 heterocycles. The molecular formula is C47H28N4S. The molecule has 0 atom stereocenters. The zero-order valence-electron chi connectivity index (χ0n) is 27.9. The molecule has 0 N–H and O–H groups in total. The SMILES string of the molecule is N#Cc1ccc(-c2cc(-c3nc(-c4ccccc4)cc(-c4ccccc4)n3)cc(-n3c4ccccc4c4c5sc6ccccc6c5ccc43)c2)cc1. The van der Waals surface area contributed by atoms with E-state index < -0.39 is 0 Å². The maximum absolute atomic E-state index is 9.55. The molecule has 5 heteroatoms. The minimum atomic E-state index is 0.626. The van der Waals surface area contributed by atoms with Crippen LogP contribution in [0.1, 0.15) is 5.56 Å². The number of hydrogen-bond acceptors (Lipinski definition) is 4. The topological polar surface area (TPSA) is 54.5 Å². The Kier molecular flexibility index (Phi) is 7.02. The molecule has 0 fully saturated rings. The van der Waals surface area contributed by atoms with Crippen molar-refractivity contribution in [1.82, 2.24) is 14.5 Å². The molecule has 0 unspecified atom stereocenters. The zero-order valence-corrected chi connectivity index (χ0v) is 28.7. The molecule has 7 aromatic carbocycles. The van der Waals surface area contributed by atoms with Gasteiger partial charge in [0.2, 0.25) is 0 Å². The van der Waals surface area contributed by atoms with Gasteiger partial charge in [-0.3, -0.25) is 0 Å². The summed E-state index contributed by atoms with van der Waals surface area (Å²) in [5.74, 6) is 0.643. The number of rotatable bonds is 5. The largest absolute Gasteiger partial charge is 0.309 e. The van der Waals surface area contributed by atoms with Gasteiger partial charge in [0.05, 0.1) is 34.1 Å². The molecule has 0 radical (unpaired) electrons. The number of fused-ring (bicyclic) bond motifs is 7. The van der Waals surface area contributed by atoms with Gasteiger partial charge in [0, 0.05) is 53.3 Å². The van der Waals surface area contributed by atoms with E-state index in [9.17, 15) is 5.26 Å². The normalized spacial score (nSPS) is 11.4. The van der Waals surface area contributed by atoms with E-state index in [-0.39, 0.29) is 0 Å². The highest BCUT2D eigenvalue weighted by molar-refractivity contribution is 7.26. The summed E-state index contributed by atoms with van der Waals surface area (Å²) >= 11 is 1.86. The first-order chi connectivity index (χ1) is 25.7. The summed E-state index contributed by atoms with van der Waals surface area (Å²) in [6, 6.07) is 61.2. The van der Waals surface area contributed by atoms with E-state index in [1.54, 1.807) is 0 Å². The van der Waals surface area contributed by atoms with Crippen LogP contribution in [0.15, 0.2) is 170 Å². The van der Waals surface area contributed by atoms with Gasteiger partial charge in [-0.2, -0.15) is 5.26 Å². The number of hydrogen-bond donors (Lipinski definition) is 0. The second-order valence-corrected chi connectivity index (χ2v) is 14.0. The number of para-hydroxylation sites is 1. The Labute approximate surface area is 304 Å². The Morgan fingerprint density at radius 3 is 1.83 bits per heavy atom. The number of thiophene rings is 1. The molecular weight excluding hydrogens is 653 g/mol. The van der Waals surface area contributed by atoms with Crippen molar-refractivity contribution < 1.29 is 0 Å². The molecule has 242 valence electrons. The summed E-state index contributed by atoms with van der Waals surface area (Å²) in [5, 5.41) is 14.6. The highest BCUT2D eigenvalue weighted by Crippen LogP contribution is 2.44. The lowest BCUT2D eigenvalue weighted by Gasteiger charge is -2.15. The number of aromatic nitrogens is 3. The monoisotopic (exact) mass is 680 g/mol. The summed E-state index contributed by atoms with van der Waals surface area (Å²) in [4.78, 5) is 10.4. The Balaban J connectivity index is 1.27. The molecule has 0 aliphatic carbocycles. The Bertz CT molecular complexity index is 2950. The molecule has 52 heavy (non-hydrogen) atoms. The van der Waals surface area contributed by atoms with Crippen LogP contribution < -0.4 is 0 Å². The Hall–Kier alpha value is -6.87. The molecule has 3 aromatic heterocycles. The number of nitrogens with zero attached hydrogens (tertiary/aromatic N) is 4. The fourth-order valence-corrected chi connectivity index (χ4v) is 8.64. The van der Waals surface area contributed by atoms with Gasteiger partial charge in [-0.1, -0.05) is 115 Å².